The maximum Gasteiger partial charge on any atom is 0.416 e. The van der Waals surface area contributed by atoms with Gasteiger partial charge in [0.15, 0.2) is 0 Å². The SMILES string of the molecule is Cn1ncc(Cl)c1-c1cc(NC(=O)Nc2cc(C(F)(F)F)cc(C(F)(F)F)c2)ccc1OCCN1CCOCC1. The Balaban J connectivity index is 1.54. The first kappa shape index (κ1) is 29.5. The molecule has 0 radical (unpaired) electrons. The third-order valence-electron chi connectivity index (χ3n) is 6.00. The summed E-state index contributed by atoms with van der Waals surface area (Å²) in [6.45, 7) is 3.80. The normalized spacial score (nSPS) is 14.7. The second kappa shape index (κ2) is 11.9. The molecule has 1 aliphatic heterocycles. The van der Waals surface area contributed by atoms with Crippen molar-refractivity contribution < 1.29 is 40.6 Å². The van der Waals surface area contributed by atoms with Crippen LogP contribution in [0.3, 0.4) is 0 Å². The molecule has 8 nitrogen and oxygen atoms in total. The van der Waals surface area contributed by atoms with E-state index in [4.69, 9.17) is 21.1 Å². The summed E-state index contributed by atoms with van der Waals surface area (Å²) >= 11 is 6.33. The van der Waals surface area contributed by atoms with Gasteiger partial charge in [-0.05, 0) is 36.4 Å². The molecule has 0 bridgehead atoms. The predicted molar refractivity (Wildman–Crippen MR) is 135 cm³/mol. The van der Waals surface area contributed by atoms with Crippen LogP contribution in [0.2, 0.25) is 5.02 Å². The van der Waals surface area contributed by atoms with Crippen LogP contribution in [0.15, 0.2) is 42.6 Å². The van der Waals surface area contributed by atoms with E-state index in [1.54, 1.807) is 13.1 Å². The second-order valence-corrected chi connectivity index (χ2v) is 9.26. The molecule has 1 aromatic heterocycles. The number of aromatic nitrogens is 2. The van der Waals surface area contributed by atoms with Crippen LogP contribution in [-0.2, 0) is 24.1 Å². The predicted octanol–water partition coefficient (Wildman–Crippen LogP) is 6.13. The van der Waals surface area contributed by atoms with Gasteiger partial charge in [0, 0.05) is 43.6 Å². The Kier molecular flexibility index (Phi) is 8.80. The summed E-state index contributed by atoms with van der Waals surface area (Å²) in [6, 6.07) is 4.31. The number of rotatable bonds is 7. The molecule has 2 amide bonds. The van der Waals surface area contributed by atoms with Crippen molar-refractivity contribution in [3.05, 3.63) is 58.7 Å². The van der Waals surface area contributed by atoms with Gasteiger partial charge < -0.3 is 20.1 Å². The quantitative estimate of drug-likeness (QED) is 0.323. The fourth-order valence-corrected chi connectivity index (χ4v) is 4.33. The molecule has 1 aliphatic rings. The minimum Gasteiger partial charge on any atom is -0.492 e. The number of nitrogens with zero attached hydrogens (tertiary/aromatic N) is 3. The number of halogens is 7. The van der Waals surface area contributed by atoms with E-state index in [2.05, 4.69) is 15.3 Å². The van der Waals surface area contributed by atoms with E-state index in [0.717, 1.165) is 13.1 Å². The van der Waals surface area contributed by atoms with Gasteiger partial charge in [-0.2, -0.15) is 31.4 Å². The number of amides is 2. The molecule has 4 rings (SSSR count). The van der Waals surface area contributed by atoms with Gasteiger partial charge in [0.25, 0.3) is 0 Å². The molecule has 2 N–H and O–H groups in total. The molecule has 0 aliphatic carbocycles. The smallest absolute Gasteiger partial charge is 0.416 e. The molecule has 0 saturated carbocycles. The van der Waals surface area contributed by atoms with Crippen LogP contribution in [0, 0.1) is 0 Å². The largest absolute Gasteiger partial charge is 0.492 e. The molecular weight excluding hydrogens is 568 g/mol. The van der Waals surface area contributed by atoms with Crippen molar-refractivity contribution in [2.45, 2.75) is 12.4 Å². The van der Waals surface area contributed by atoms with Crippen molar-refractivity contribution >= 4 is 29.0 Å². The Morgan fingerprint density at radius 1 is 1.00 bits per heavy atom. The molecule has 40 heavy (non-hydrogen) atoms. The zero-order valence-corrected chi connectivity index (χ0v) is 21.8. The van der Waals surface area contributed by atoms with Crippen molar-refractivity contribution in [1.82, 2.24) is 14.7 Å². The minimum atomic E-state index is -5.05. The standard InChI is InChI=1S/C25H24ClF6N5O3/c1-36-22(20(26)14-33-36)19-13-17(2-3-21(19)40-9-6-37-4-7-39-8-5-37)34-23(38)35-18-11-15(24(27,28)29)10-16(12-18)25(30,31)32/h2-3,10-14H,4-9H2,1H3,(H2,34,35,38). The van der Waals surface area contributed by atoms with Crippen LogP contribution in [-0.4, -0.2) is 60.2 Å². The summed E-state index contributed by atoms with van der Waals surface area (Å²) in [5.74, 6) is 0.428. The number of carbonyl (C=O) groups is 1. The molecule has 2 aromatic carbocycles. The van der Waals surface area contributed by atoms with Gasteiger partial charge in [-0.25, -0.2) is 4.79 Å². The van der Waals surface area contributed by atoms with E-state index in [9.17, 15) is 31.1 Å². The van der Waals surface area contributed by atoms with Crippen LogP contribution in [0.1, 0.15) is 11.1 Å². The number of urea groups is 1. The number of benzene rings is 2. The number of hydrogen-bond acceptors (Lipinski definition) is 5. The zero-order chi connectivity index (χ0) is 29.1. The highest BCUT2D eigenvalue weighted by Crippen LogP contribution is 2.38. The van der Waals surface area contributed by atoms with E-state index in [0.29, 0.717) is 60.5 Å². The Labute approximate surface area is 229 Å². The zero-order valence-electron chi connectivity index (χ0n) is 21.0. The molecule has 1 fully saturated rings. The summed E-state index contributed by atoms with van der Waals surface area (Å²) in [5, 5.41) is 8.87. The van der Waals surface area contributed by atoms with Crippen LogP contribution in [0.4, 0.5) is 42.5 Å². The van der Waals surface area contributed by atoms with Crippen molar-refractivity contribution in [3.8, 4) is 17.0 Å². The van der Waals surface area contributed by atoms with Crippen molar-refractivity contribution in [3.63, 3.8) is 0 Å². The third-order valence-corrected chi connectivity index (χ3v) is 6.28. The highest BCUT2D eigenvalue weighted by Gasteiger charge is 2.37. The lowest BCUT2D eigenvalue weighted by Gasteiger charge is -2.26. The molecule has 15 heteroatoms. The van der Waals surface area contributed by atoms with Gasteiger partial charge in [-0.1, -0.05) is 11.6 Å². The van der Waals surface area contributed by atoms with Gasteiger partial charge in [0.1, 0.15) is 12.4 Å². The highest BCUT2D eigenvalue weighted by atomic mass is 35.5. The lowest BCUT2D eigenvalue weighted by molar-refractivity contribution is -0.143. The summed E-state index contributed by atoms with van der Waals surface area (Å²) in [5.41, 5.74) is -2.68. The minimum absolute atomic E-state index is 0.0230. The van der Waals surface area contributed by atoms with E-state index in [-0.39, 0.29) is 11.8 Å². The third kappa shape index (κ3) is 7.37. The van der Waals surface area contributed by atoms with E-state index < -0.39 is 35.2 Å². The summed E-state index contributed by atoms with van der Waals surface area (Å²) in [4.78, 5) is 14.8. The van der Waals surface area contributed by atoms with Crippen molar-refractivity contribution in [1.29, 1.82) is 0 Å². The summed E-state index contributed by atoms with van der Waals surface area (Å²) in [7, 11) is 1.65. The second-order valence-electron chi connectivity index (χ2n) is 8.85. The highest BCUT2D eigenvalue weighted by molar-refractivity contribution is 6.33. The lowest BCUT2D eigenvalue weighted by Crippen LogP contribution is -2.38. The number of alkyl halides is 6. The number of morpholine rings is 1. The Morgan fingerprint density at radius 3 is 2.20 bits per heavy atom. The topological polar surface area (TPSA) is 80.7 Å². The number of nitrogens with one attached hydrogen (secondary N) is 2. The molecule has 1 saturated heterocycles. The van der Waals surface area contributed by atoms with Gasteiger partial charge >= 0.3 is 18.4 Å². The Morgan fingerprint density at radius 2 is 1.62 bits per heavy atom. The molecule has 2 heterocycles. The Bertz CT molecular complexity index is 1300. The van der Waals surface area contributed by atoms with Crippen LogP contribution < -0.4 is 15.4 Å². The maximum atomic E-state index is 13.2. The molecule has 3 aromatic rings. The molecule has 0 spiro atoms. The molecule has 216 valence electrons. The van der Waals surface area contributed by atoms with E-state index in [1.165, 1.54) is 23.0 Å². The average Bonchev–Trinajstić information content (AvgIpc) is 3.21. The van der Waals surface area contributed by atoms with Gasteiger partial charge in [-0.3, -0.25) is 9.58 Å². The van der Waals surface area contributed by atoms with Crippen LogP contribution >= 0.6 is 11.6 Å². The number of carbonyl (C=O) groups excluding carboxylic acids is 1. The fourth-order valence-electron chi connectivity index (χ4n) is 4.06. The lowest BCUT2D eigenvalue weighted by atomic mass is 10.1. The molecular formula is C25H24ClF6N5O3. The van der Waals surface area contributed by atoms with E-state index in [1.807, 2.05) is 5.32 Å². The van der Waals surface area contributed by atoms with Gasteiger partial charge in [0.05, 0.1) is 41.3 Å². The first-order valence-electron chi connectivity index (χ1n) is 11.9. The molecule has 0 atom stereocenters. The van der Waals surface area contributed by atoms with Crippen LogP contribution in [0.5, 0.6) is 5.75 Å². The van der Waals surface area contributed by atoms with E-state index >= 15 is 0 Å². The number of aryl methyl sites for hydroxylation is 1. The monoisotopic (exact) mass is 591 g/mol. The summed E-state index contributed by atoms with van der Waals surface area (Å²) < 4.78 is 91.8. The number of hydrogen-bond donors (Lipinski definition) is 2. The molecule has 0 unspecified atom stereocenters. The van der Waals surface area contributed by atoms with Gasteiger partial charge in [-0.15, -0.1) is 0 Å². The van der Waals surface area contributed by atoms with Crippen molar-refractivity contribution in [2.24, 2.45) is 7.05 Å². The maximum absolute atomic E-state index is 13.2. The summed E-state index contributed by atoms with van der Waals surface area (Å²) in [6.07, 6.45) is -8.68. The number of anilines is 2. The first-order valence-corrected chi connectivity index (χ1v) is 12.3. The fraction of sp³-hybridized carbons (Fsp3) is 0.360. The number of ether oxygens (including phenoxy) is 2. The van der Waals surface area contributed by atoms with Crippen molar-refractivity contribution in [2.75, 3.05) is 50.1 Å². The average molecular weight is 592 g/mol. The first-order chi connectivity index (χ1) is 18.8. The Hall–Kier alpha value is -3.49. The van der Waals surface area contributed by atoms with Crippen LogP contribution in [0.25, 0.3) is 11.3 Å². The van der Waals surface area contributed by atoms with Gasteiger partial charge in [0.2, 0.25) is 0 Å².